The standard InChI is InChI=1S/C17H25NO4/c1-4-6-7-11-21-16(19)14-9-8-10-15(18-14)17(20)22-12-13(3)5-2/h8-10,13H,4-7,11-12H2,1-3H3. The van der Waals surface area contributed by atoms with Gasteiger partial charge in [-0.3, -0.25) is 0 Å². The third kappa shape index (κ3) is 6.24. The van der Waals surface area contributed by atoms with Gasteiger partial charge in [0.05, 0.1) is 13.2 Å². The lowest BCUT2D eigenvalue weighted by molar-refractivity contribution is 0.0438. The molecular formula is C17H25NO4. The monoisotopic (exact) mass is 307 g/mol. The second kappa shape index (κ2) is 9.92. The average Bonchev–Trinajstić information content (AvgIpc) is 2.56. The molecular weight excluding hydrogens is 282 g/mol. The largest absolute Gasteiger partial charge is 0.461 e. The summed E-state index contributed by atoms with van der Waals surface area (Å²) in [5, 5.41) is 0. The smallest absolute Gasteiger partial charge is 0.356 e. The maximum Gasteiger partial charge on any atom is 0.356 e. The van der Waals surface area contributed by atoms with E-state index >= 15 is 0 Å². The van der Waals surface area contributed by atoms with Gasteiger partial charge in [0.15, 0.2) is 0 Å². The molecule has 1 unspecified atom stereocenters. The summed E-state index contributed by atoms with van der Waals surface area (Å²) < 4.78 is 10.3. The Labute approximate surface area is 132 Å². The Hall–Kier alpha value is -1.91. The average molecular weight is 307 g/mol. The molecule has 0 fully saturated rings. The summed E-state index contributed by atoms with van der Waals surface area (Å²) in [5.74, 6) is -0.718. The summed E-state index contributed by atoms with van der Waals surface area (Å²) in [5.41, 5.74) is 0.265. The van der Waals surface area contributed by atoms with Crippen LogP contribution in [-0.4, -0.2) is 30.1 Å². The predicted molar refractivity (Wildman–Crippen MR) is 83.8 cm³/mol. The van der Waals surface area contributed by atoms with Crippen molar-refractivity contribution in [2.45, 2.75) is 46.5 Å². The number of ether oxygens (including phenoxy) is 2. The summed E-state index contributed by atoms with van der Waals surface area (Å²) in [6.07, 6.45) is 3.85. The van der Waals surface area contributed by atoms with E-state index in [2.05, 4.69) is 11.9 Å². The van der Waals surface area contributed by atoms with Crippen molar-refractivity contribution in [1.29, 1.82) is 0 Å². The van der Waals surface area contributed by atoms with Gasteiger partial charge in [-0.15, -0.1) is 0 Å². The van der Waals surface area contributed by atoms with E-state index in [-0.39, 0.29) is 11.4 Å². The zero-order valence-corrected chi connectivity index (χ0v) is 13.6. The van der Waals surface area contributed by atoms with E-state index in [1.54, 1.807) is 6.07 Å². The summed E-state index contributed by atoms with van der Waals surface area (Å²) in [7, 11) is 0. The first-order chi connectivity index (χ1) is 10.6. The van der Waals surface area contributed by atoms with Gasteiger partial charge in [0.2, 0.25) is 0 Å². The van der Waals surface area contributed by atoms with Gasteiger partial charge in [-0.1, -0.05) is 46.1 Å². The van der Waals surface area contributed by atoms with Crippen LogP contribution in [0, 0.1) is 5.92 Å². The number of aromatic nitrogens is 1. The molecule has 0 aliphatic carbocycles. The number of hydrogen-bond donors (Lipinski definition) is 0. The van der Waals surface area contributed by atoms with Crippen molar-refractivity contribution >= 4 is 11.9 Å². The molecule has 5 nitrogen and oxygen atoms in total. The molecule has 0 aliphatic rings. The topological polar surface area (TPSA) is 65.5 Å². The van der Waals surface area contributed by atoms with Crippen LogP contribution in [0.4, 0.5) is 0 Å². The van der Waals surface area contributed by atoms with Gasteiger partial charge in [-0.25, -0.2) is 14.6 Å². The van der Waals surface area contributed by atoms with Gasteiger partial charge >= 0.3 is 11.9 Å². The maximum atomic E-state index is 11.9. The van der Waals surface area contributed by atoms with Crippen LogP contribution < -0.4 is 0 Å². The van der Waals surface area contributed by atoms with Crippen molar-refractivity contribution in [3.63, 3.8) is 0 Å². The highest BCUT2D eigenvalue weighted by molar-refractivity contribution is 5.91. The van der Waals surface area contributed by atoms with Gasteiger partial charge in [-0.2, -0.15) is 0 Å². The predicted octanol–water partition coefficient (Wildman–Crippen LogP) is 3.63. The molecule has 0 radical (unpaired) electrons. The van der Waals surface area contributed by atoms with Crippen LogP contribution in [0.2, 0.25) is 0 Å². The number of nitrogens with zero attached hydrogens (tertiary/aromatic N) is 1. The van der Waals surface area contributed by atoms with Crippen molar-refractivity contribution in [2.75, 3.05) is 13.2 Å². The number of pyridine rings is 1. The fourth-order valence-electron chi connectivity index (χ4n) is 1.66. The highest BCUT2D eigenvalue weighted by Crippen LogP contribution is 2.07. The highest BCUT2D eigenvalue weighted by atomic mass is 16.5. The third-order valence-electron chi connectivity index (χ3n) is 3.34. The highest BCUT2D eigenvalue weighted by Gasteiger charge is 2.15. The van der Waals surface area contributed by atoms with E-state index in [9.17, 15) is 9.59 Å². The Morgan fingerprint density at radius 2 is 1.73 bits per heavy atom. The molecule has 0 bridgehead atoms. The summed E-state index contributed by atoms with van der Waals surface area (Å²) in [6.45, 7) is 6.84. The summed E-state index contributed by atoms with van der Waals surface area (Å²) in [4.78, 5) is 27.8. The Morgan fingerprint density at radius 3 is 2.32 bits per heavy atom. The van der Waals surface area contributed by atoms with E-state index in [1.807, 2.05) is 13.8 Å². The number of esters is 2. The van der Waals surface area contributed by atoms with E-state index in [1.165, 1.54) is 12.1 Å². The van der Waals surface area contributed by atoms with Gasteiger partial charge < -0.3 is 9.47 Å². The summed E-state index contributed by atoms with van der Waals surface area (Å²) >= 11 is 0. The molecule has 1 rings (SSSR count). The first-order valence-electron chi connectivity index (χ1n) is 7.89. The van der Waals surface area contributed by atoms with Crippen molar-refractivity contribution < 1.29 is 19.1 Å². The second-order valence-corrected chi connectivity index (χ2v) is 5.36. The number of carbonyl (C=O) groups excluding carboxylic acids is 2. The molecule has 122 valence electrons. The molecule has 1 heterocycles. The van der Waals surface area contributed by atoms with E-state index in [0.29, 0.717) is 19.1 Å². The fourth-order valence-corrected chi connectivity index (χ4v) is 1.66. The van der Waals surface area contributed by atoms with E-state index in [0.717, 1.165) is 25.7 Å². The van der Waals surface area contributed by atoms with Crippen molar-refractivity contribution in [3.8, 4) is 0 Å². The molecule has 0 saturated heterocycles. The molecule has 5 heteroatoms. The van der Waals surface area contributed by atoms with Crippen molar-refractivity contribution in [3.05, 3.63) is 29.6 Å². The zero-order valence-electron chi connectivity index (χ0n) is 13.6. The zero-order chi connectivity index (χ0) is 16.4. The Kier molecular flexibility index (Phi) is 8.18. The number of unbranched alkanes of at least 4 members (excludes halogenated alkanes) is 2. The third-order valence-corrected chi connectivity index (χ3v) is 3.34. The first-order valence-corrected chi connectivity index (χ1v) is 7.89. The lowest BCUT2D eigenvalue weighted by Gasteiger charge is -2.09. The second-order valence-electron chi connectivity index (χ2n) is 5.36. The van der Waals surface area contributed by atoms with Crippen LogP contribution in [0.3, 0.4) is 0 Å². The van der Waals surface area contributed by atoms with Crippen LogP contribution >= 0.6 is 0 Å². The normalized spacial score (nSPS) is 11.8. The Morgan fingerprint density at radius 1 is 1.09 bits per heavy atom. The van der Waals surface area contributed by atoms with E-state index < -0.39 is 11.9 Å². The Bertz CT molecular complexity index is 487. The van der Waals surface area contributed by atoms with Gasteiger partial charge in [0, 0.05) is 0 Å². The lowest BCUT2D eigenvalue weighted by Crippen LogP contribution is -2.15. The quantitative estimate of drug-likeness (QED) is 0.515. The van der Waals surface area contributed by atoms with Crippen LogP contribution in [0.25, 0.3) is 0 Å². The number of hydrogen-bond acceptors (Lipinski definition) is 5. The van der Waals surface area contributed by atoms with Gasteiger partial charge in [-0.05, 0) is 24.5 Å². The maximum absolute atomic E-state index is 11.9. The van der Waals surface area contributed by atoms with Crippen molar-refractivity contribution in [1.82, 2.24) is 4.98 Å². The first kappa shape index (κ1) is 18.1. The molecule has 1 aromatic heterocycles. The van der Waals surface area contributed by atoms with Crippen LogP contribution in [0.1, 0.15) is 67.4 Å². The SMILES string of the molecule is CCCCCOC(=O)c1cccc(C(=O)OCC(C)CC)n1. The van der Waals surface area contributed by atoms with Gasteiger partial charge in [0.25, 0.3) is 0 Å². The molecule has 0 aliphatic heterocycles. The number of carbonyl (C=O) groups is 2. The minimum atomic E-state index is -0.513. The van der Waals surface area contributed by atoms with Gasteiger partial charge in [0.1, 0.15) is 11.4 Å². The molecule has 0 amide bonds. The van der Waals surface area contributed by atoms with E-state index in [4.69, 9.17) is 9.47 Å². The number of rotatable bonds is 9. The molecule has 0 spiro atoms. The molecule has 22 heavy (non-hydrogen) atoms. The minimum Gasteiger partial charge on any atom is -0.461 e. The molecule has 1 atom stereocenters. The molecule has 0 aromatic carbocycles. The Balaban J connectivity index is 2.57. The van der Waals surface area contributed by atoms with Crippen LogP contribution in [0.15, 0.2) is 18.2 Å². The van der Waals surface area contributed by atoms with Crippen LogP contribution in [-0.2, 0) is 9.47 Å². The lowest BCUT2D eigenvalue weighted by atomic mass is 10.1. The van der Waals surface area contributed by atoms with Crippen LogP contribution in [0.5, 0.6) is 0 Å². The summed E-state index contributed by atoms with van der Waals surface area (Å²) in [6, 6.07) is 4.68. The van der Waals surface area contributed by atoms with Crippen molar-refractivity contribution in [2.24, 2.45) is 5.92 Å². The fraction of sp³-hybridized carbons (Fsp3) is 0.588. The molecule has 0 N–H and O–H groups in total. The molecule has 0 saturated carbocycles. The minimum absolute atomic E-state index is 0.131. The molecule has 1 aromatic rings.